The second-order valence-electron chi connectivity index (χ2n) is 6.16. The largest absolute Gasteiger partial charge is 0.358 e. The van der Waals surface area contributed by atoms with Gasteiger partial charge in [-0.2, -0.15) is 0 Å². The van der Waals surface area contributed by atoms with Crippen molar-refractivity contribution in [2.45, 2.75) is 44.9 Å². The first kappa shape index (κ1) is 16.4. The number of hydrogen-bond acceptors (Lipinski definition) is 5. The van der Waals surface area contributed by atoms with Crippen LogP contribution in [0, 0.1) is 5.92 Å². The Morgan fingerprint density at radius 3 is 2.62 bits per heavy atom. The fourth-order valence-corrected chi connectivity index (χ4v) is 3.04. The third-order valence-electron chi connectivity index (χ3n) is 4.37. The molecule has 126 valence electrons. The quantitative estimate of drug-likeness (QED) is 0.640. The van der Waals surface area contributed by atoms with Gasteiger partial charge in [0.2, 0.25) is 0 Å². The van der Waals surface area contributed by atoms with Crippen LogP contribution in [-0.2, 0) is 4.79 Å². The molecule has 0 N–H and O–H groups in total. The van der Waals surface area contributed by atoms with Gasteiger partial charge in [-0.25, -0.2) is 4.79 Å². The summed E-state index contributed by atoms with van der Waals surface area (Å²) in [5.74, 6) is -0.207. The zero-order chi connectivity index (χ0) is 16.8. The summed E-state index contributed by atoms with van der Waals surface area (Å²) in [4.78, 5) is 29.8. The highest BCUT2D eigenvalue weighted by Crippen LogP contribution is 2.23. The average Bonchev–Trinajstić information content (AvgIpc) is 2.57. The van der Waals surface area contributed by atoms with Crippen LogP contribution in [0.15, 0.2) is 41.2 Å². The van der Waals surface area contributed by atoms with Crippen molar-refractivity contribution in [1.29, 1.82) is 0 Å². The molecule has 2 aromatic rings. The lowest BCUT2D eigenvalue weighted by Gasteiger charge is -2.15. The summed E-state index contributed by atoms with van der Waals surface area (Å²) in [7, 11) is 0. The maximum absolute atomic E-state index is 12.2. The number of aromatic nitrogens is 3. The summed E-state index contributed by atoms with van der Waals surface area (Å²) in [6.07, 6.45) is 11.7. The maximum Gasteiger partial charge on any atom is 0.358 e. The van der Waals surface area contributed by atoms with E-state index < -0.39 is 11.5 Å². The Labute approximate surface area is 140 Å². The molecule has 1 saturated carbocycles. The molecule has 24 heavy (non-hydrogen) atoms. The highest BCUT2D eigenvalue weighted by Gasteiger charge is 2.11. The lowest BCUT2D eigenvalue weighted by Crippen LogP contribution is -2.33. The van der Waals surface area contributed by atoms with Gasteiger partial charge >= 0.3 is 11.5 Å². The Bertz CT molecular complexity index is 789. The Hall–Kier alpha value is -2.50. The molecule has 0 bridgehead atoms. The van der Waals surface area contributed by atoms with Crippen LogP contribution in [0.5, 0.6) is 0 Å². The average molecular weight is 327 g/mol. The lowest BCUT2D eigenvalue weighted by molar-refractivity contribution is -0.140. The van der Waals surface area contributed by atoms with Crippen LogP contribution in [-0.4, -0.2) is 21.1 Å². The van der Waals surface area contributed by atoms with Crippen LogP contribution < -0.4 is 10.4 Å². The summed E-state index contributed by atoms with van der Waals surface area (Å²) in [6, 6.07) is 6.81. The van der Waals surface area contributed by atoms with E-state index in [4.69, 9.17) is 4.84 Å². The van der Waals surface area contributed by atoms with Gasteiger partial charge in [-0.1, -0.05) is 50.3 Å². The van der Waals surface area contributed by atoms with E-state index in [9.17, 15) is 9.59 Å². The third-order valence-corrected chi connectivity index (χ3v) is 4.37. The van der Waals surface area contributed by atoms with E-state index in [-0.39, 0.29) is 0 Å². The minimum absolute atomic E-state index is 0.365. The number of fused-ring (bicyclic) bond motifs is 1. The Balaban J connectivity index is 1.67. The van der Waals surface area contributed by atoms with Gasteiger partial charge < -0.3 is 4.84 Å². The minimum atomic E-state index is -0.608. The van der Waals surface area contributed by atoms with Crippen LogP contribution in [0.25, 0.3) is 10.9 Å². The van der Waals surface area contributed by atoms with Gasteiger partial charge in [0.25, 0.3) is 0 Å². The first-order valence-electron chi connectivity index (χ1n) is 8.49. The standard InChI is InChI=1S/C18H21N3O3/c22-17(13-12-14-8-4-2-1-3-5-9-14)24-21-18(23)15-10-6-7-11-16(15)19-20-21/h6-7,10-14H,1-5,8-9H2. The smallest absolute Gasteiger partial charge is 0.309 e. The topological polar surface area (TPSA) is 74.1 Å². The lowest BCUT2D eigenvalue weighted by atomic mass is 9.91. The van der Waals surface area contributed by atoms with Gasteiger partial charge in [-0.05, 0) is 41.0 Å². The number of carbonyl (C=O) groups excluding carboxylic acids is 1. The predicted molar refractivity (Wildman–Crippen MR) is 90.3 cm³/mol. The number of carbonyl (C=O) groups is 1. The SMILES string of the molecule is O=C(C=CC1CCCCCCC1)On1nnc2ccccc2c1=O. The Morgan fingerprint density at radius 2 is 1.83 bits per heavy atom. The van der Waals surface area contributed by atoms with Gasteiger partial charge in [0.15, 0.2) is 0 Å². The highest BCUT2D eigenvalue weighted by molar-refractivity contribution is 5.82. The van der Waals surface area contributed by atoms with E-state index >= 15 is 0 Å². The second-order valence-corrected chi connectivity index (χ2v) is 6.16. The van der Waals surface area contributed by atoms with Crippen LogP contribution in [0.3, 0.4) is 0 Å². The number of rotatable bonds is 3. The van der Waals surface area contributed by atoms with Crippen molar-refractivity contribution in [2.24, 2.45) is 5.92 Å². The second kappa shape index (κ2) is 7.86. The van der Waals surface area contributed by atoms with Crippen molar-refractivity contribution in [3.63, 3.8) is 0 Å². The van der Waals surface area contributed by atoms with E-state index in [2.05, 4.69) is 10.3 Å². The van der Waals surface area contributed by atoms with E-state index in [1.165, 1.54) is 38.2 Å². The molecule has 0 radical (unpaired) electrons. The summed E-state index contributed by atoms with van der Waals surface area (Å²) in [6.45, 7) is 0. The van der Waals surface area contributed by atoms with Crippen molar-refractivity contribution < 1.29 is 9.63 Å². The zero-order valence-corrected chi connectivity index (χ0v) is 13.6. The monoisotopic (exact) mass is 327 g/mol. The molecule has 1 aromatic carbocycles. The molecule has 1 aliphatic rings. The predicted octanol–water partition coefficient (Wildman–Crippen LogP) is 2.66. The van der Waals surface area contributed by atoms with Gasteiger partial charge in [0.05, 0.1) is 5.39 Å². The van der Waals surface area contributed by atoms with Gasteiger partial charge in [-0.3, -0.25) is 4.79 Å². The fourth-order valence-electron chi connectivity index (χ4n) is 3.04. The van der Waals surface area contributed by atoms with Crippen molar-refractivity contribution in [1.82, 2.24) is 15.2 Å². The molecule has 3 rings (SSSR count). The number of benzene rings is 1. The van der Waals surface area contributed by atoms with E-state index in [0.717, 1.165) is 12.8 Å². The molecular formula is C18H21N3O3. The fraction of sp³-hybridized carbons (Fsp3) is 0.444. The highest BCUT2D eigenvalue weighted by atomic mass is 16.7. The summed E-state index contributed by atoms with van der Waals surface area (Å²) in [5, 5.41) is 7.89. The first-order chi connectivity index (χ1) is 11.7. The molecule has 1 aliphatic carbocycles. The summed E-state index contributed by atoms with van der Waals surface area (Å²) in [5.41, 5.74) is -0.0202. The van der Waals surface area contributed by atoms with Crippen LogP contribution >= 0.6 is 0 Å². The molecule has 6 heteroatoms. The zero-order valence-electron chi connectivity index (χ0n) is 13.6. The normalized spacial score (nSPS) is 16.8. The first-order valence-corrected chi connectivity index (χ1v) is 8.49. The molecule has 1 heterocycles. The van der Waals surface area contributed by atoms with Gasteiger partial charge in [0, 0.05) is 6.08 Å². The molecule has 0 atom stereocenters. The van der Waals surface area contributed by atoms with Crippen molar-refractivity contribution in [3.8, 4) is 0 Å². The van der Waals surface area contributed by atoms with Crippen LogP contribution in [0.2, 0.25) is 0 Å². The molecular weight excluding hydrogens is 306 g/mol. The van der Waals surface area contributed by atoms with Gasteiger partial charge in [0.1, 0.15) is 5.52 Å². The Kier molecular flexibility index (Phi) is 5.36. The molecule has 0 spiro atoms. The summed E-state index contributed by atoms with van der Waals surface area (Å²) >= 11 is 0. The van der Waals surface area contributed by atoms with Crippen molar-refractivity contribution in [2.75, 3.05) is 0 Å². The van der Waals surface area contributed by atoms with Crippen molar-refractivity contribution in [3.05, 3.63) is 46.8 Å². The Morgan fingerprint density at radius 1 is 1.12 bits per heavy atom. The number of nitrogens with zero attached hydrogens (tertiary/aromatic N) is 3. The minimum Gasteiger partial charge on any atom is -0.309 e. The van der Waals surface area contributed by atoms with E-state index in [1.807, 2.05) is 6.08 Å². The molecule has 0 aliphatic heterocycles. The number of hydrogen-bond donors (Lipinski definition) is 0. The number of allylic oxidation sites excluding steroid dienone is 1. The van der Waals surface area contributed by atoms with E-state index in [0.29, 0.717) is 21.7 Å². The van der Waals surface area contributed by atoms with Crippen molar-refractivity contribution >= 4 is 16.9 Å². The van der Waals surface area contributed by atoms with Crippen LogP contribution in [0.1, 0.15) is 44.9 Å². The van der Waals surface area contributed by atoms with E-state index in [1.54, 1.807) is 24.3 Å². The maximum atomic E-state index is 12.2. The third kappa shape index (κ3) is 4.07. The molecule has 1 aromatic heterocycles. The molecule has 0 saturated heterocycles. The van der Waals surface area contributed by atoms with Crippen LogP contribution in [0.4, 0.5) is 0 Å². The molecule has 0 amide bonds. The summed E-state index contributed by atoms with van der Waals surface area (Å²) < 4.78 is 0. The molecule has 6 nitrogen and oxygen atoms in total. The van der Waals surface area contributed by atoms with Gasteiger partial charge in [-0.15, -0.1) is 5.10 Å². The molecule has 1 fully saturated rings. The molecule has 0 unspecified atom stereocenters.